The standard InChI is InChI=1S/C30H31N/c1-3-10-28-21-20-27(23-31(28)22-9-13-25-11-5-4-6-12-25)30-15-8-7-14-29(30)26-18-16-24(2)17-19-26/h4-8,10-12,14-21,23H,3,9,13,22H2,1-2H3/b28-10-. The van der Waals surface area contributed by atoms with Crippen LogP contribution in [0.4, 0.5) is 0 Å². The second kappa shape index (κ2) is 10.1. The fraction of sp³-hybridized carbons (Fsp3) is 0.200. The van der Waals surface area contributed by atoms with Gasteiger partial charge in [0.25, 0.3) is 0 Å². The first kappa shape index (κ1) is 20.9. The molecule has 0 saturated heterocycles. The quantitative estimate of drug-likeness (QED) is 0.387. The van der Waals surface area contributed by atoms with Crippen molar-refractivity contribution in [2.75, 3.05) is 6.54 Å². The van der Waals surface area contributed by atoms with Gasteiger partial charge in [-0.15, -0.1) is 0 Å². The van der Waals surface area contributed by atoms with Crippen molar-refractivity contribution >= 4 is 5.57 Å². The Labute approximate surface area is 187 Å². The molecule has 0 N–H and O–H groups in total. The molecule has 4 rings (SSSR count). The lowest BCUT2D eigenvalue weighted by Crippen LogP contribution is -2.20. The molecule has 3 aromatic rings. The lowest BCUT2D eigenvalue weighted by Gasteiger charge is -2.27. The fourth-order valence-corrected chi connectivity index (χ4v) is 4.12. The van der Waals surface area contributed by atoms with Crippen molar-refractivity contribution in [2.45, 2.75) is 33.1 Å². The third-order valence-electron chi connectivity index (χ3n) is 5.78. The number of hydrogen-bond donors (Lipinski definition) is 0. The van der Waals surface area contributed by atoms with Crippen LogP contribution in [0.5, 0.6) is 0 Å². The Morgan fingerprint density at radius 1 is 0.774 bits per heavy atom. The molecule has 1 heterocycles. The molecular weight excluding hydrogens is 374 g/mol. The summed E-state index contributed by atoms with van der Waals surface area (Å²) < 4.78 is 0. The number of hydrogen-bond acceptors (Lipinski definition) is 1. The molecular formula is C30H31N. The van der Waals surface area contributed by atoms with Gasteiger partial charge >= 0.3 is 0 Å². The fourth-order valence-electron chi connectivity index (χ4n) is 4.12. The van der Waals surface area contributed by atoms with E-state index in [1.54, 1.807) is 0 Å². The van der Waals surface area contributed by atoms with E-state index in [0.29, 0.717) is 0 Å². The number of allylic oxidation sites excluding steroid dienone is 4. The lowest BCUT2D eigenvalue weighted by molar-refractivity contribution is 0.461. The molecule has 0 fully saturated rings. The summed E-state index contributed by atoms with van der Waals surface area (Å²) in [7, 11) is 0. The minimum Gasteiger partial charge on any atom is -0.348 e. The van der Waals surface area contributed by atoms with Crippen molar-refractivity contribution in [1.82, 2.24) is 4.90 Å². The summed E-state index contributed by atoms with van der Waals surface area (Å²) in [5.74, 6) is 0. The highest BCUT2D eigenvalue weighted by Crippen LogP contribution is 2.33. The minimum atomic E-state index is 1.02. The van der Waals surface area contributed by atoms with Gasteiger partial charge in [-0.1, -0.05) is 104 Å². The van der Waals surface area contributed by atoms with E-state index in [9.17, 15) is 0 Å². The SMILES string of the molecule is CC/C=C1/C=CC(c2ccccc2-c2ccc(C)cc2)=CN1CCCc1ccccc1. The van der Waals surface area contributed by atoms with Crippen molar-refractivity contribution in [1.29, 1.82) is 0 Å². The van der Waals surface area contributed by atoms with Gasteiger partial charge in [0.05, 0.1) is 0 Å². The molecule has 1 aliphatic rings. The molecule has 3 aromatic carbocycles. The van der Waals surface area contributed by atoms with Gasteiger partial charge in [0.15, 0.2) is 0 Å². The molecule has 0 radical (unpaired) electrons. The van der Waals surface area contributed by atoms with Crippen molar-refractivity contribution in [3.8, 4) is 11.1 Å². The van der Waals surface area contributed by atoms with E-state index in [-0.39, 0.29) is 0 Å². The van der Waals surface area contributed by atoms with Gasteiger partial charge in [-0.05, 0) is 60.1 Å². The number of nitrogens with zero attached hydrogens (tertiary/aromatic N) is 1. The zero-order chi connectivity index (χ0) is 21.5. The van der Waals surface area contributed by atoms with Gasteiger partial charge in [0.2, 0.25) is 0 Å². The largest absolute Gasteiger partial charge is 0.348 e. The highest BCUT2D eigenvalue weighted by Gasteiger charge is 2.14. The normalized spacial score (nSPS) is 14.7. The first-order valence-electron chi connectivity index (χ1n) is 11.3. The van der Waals surface area contributed by atoms with Crippen molar-refractivity contribution < 1.29 is 0 Å². The number of aryl methyl sites for hydroxylation is 2. The molecule has 0 atom stereocenters. The van der Waals surface area contributed by atoms with E-state index < -0.39 is 0 Å². The van der Waals surface area contributed by atoms with Crippen molar-refractivity contribution in [3.63, 3.8) is 0 Å². The zero-order valence-electron chi connectivity index (χ0n) is 18.6. The molecule has 0 aromatic heterocycles. The molecule has 31 heavy (non-hydrogen) atoms. The third kappa shape index (κ3) is 5.24. The summed E-state index contributed by atoms with van der Waals surface area (Å²) >= 11 is 0. The second-order valence-corrected chi connectivity index (χ2v) is 8.15. The first-order chi connectivity index (χ1) is 15.2. The maximum absolute atomic E-state index is 2.42. The van der Waals surface area contributed by atoms with E-state index in [1.165, 1.54) is 39.1 Å². The maximum atomic E-state index is 2.42. The van der Waals surface area contributed by atoms with Gasteiger partial charge in [0, 0.05) is 18.4 Å². The molecule has 1 nitrogen and oxygen atoms in total. The highest BCUT2D eigenvalue weighted by molar-refractivity contribution is 5.86. The van der Waals surface area contributed by atoms with Crippen LogP contribution in [-0.2, 0) is 6.42 Å². The number of benzene rings is 3. The van der Waals surface area contributed by atoms with Crippen LogP contribution in [0, 0.1) is 6.92 Å². The molecule has 1 heteroatoms. The van der Waals surface area contributed by atoms with Crippen LogP contribution in [0.3, 0.4) is 0 Å². The topological polar surface area (TPSA) is 3.24 Å². The predicted octanol–water partition coefficient (Wildman–Crippen LogP) is 7.80. The summed E-state index contributed by atoms with van der Waals surface area (Å²) in [4.78, 5) is 2.42. The van der Waals surface area contributed by atoms with Crippen molar-refractivity contribution in [2.24, 2.45) is 0 Å². The van der Waals surface area contributed by atoms with Crippen LogP contribution in [0.2, 0.25) is 0 Å². The summed E-state index contributed by atoms with van der Waals surface area (Å²) in [5, 5.41) is 0. The molecule has 156 valence electrons. The Morgan fingerprint density at radius 2 is 1.48 bits per heavy atom. The third-order valence-corrected chi connectivity index (χ3v) is 5.78. The molecule has 0 bridgehead atoms. The van der Waals surface area contributed by atoms with Gasteiger partial charge in [-0.3, -0.25) is 0 Å². The van der Waals surface area contributed by atoms with Gasteiger partial charge in [-0.25, -0.2) is 0 Å². The van der Waals surface area contributed by atoms with E-state index in [2.05, 4.69) is 122 Å². The van der Waals surface area contributed by atoms with E-state index in [1.807, 2.05) is 0 Å². The van der Waals surface area contributed by atoms with Crippen LogP contribution in [0.1, 0.15) is 36.5 Å². The zero-order valence-corrected chi connectivity index (χ0v) is 18.6. The highest BCUT2D eigenvalue weighted by atomic mass is 15.1. The average Bonchev–Trinajstić information content (AvgIpc) is 2.81. The molecule has 0 amide bonds. The lowest BCUT2D eigenvalue weighted by atomic mass is 9.93. The predicted molar refractivity (Wildman–Crippen MR) is 134 cm³/mol. The van der Waals surface area contributed by atoms with Crippen LogP contribution in [0.25, 0.3) is 16.7 Å². The van der Waals surface area contributed by atoms with E-state index in [0.717, 1.165) is 25.8 Å². The smallest absolute Gasteiger partial charge is 0.0365 e. The number of rotatable bonds is 7. The van der Waals surface area contributed by atoms with Crippen molar-refractivity contribution in [3.05, 3.63) is 126 Å². The monoisotopic (exact) mass is 405 g/mol. The second-order valence-electron chi connectivity index (χ2n) is 8.15. The first-order valence-corrected chi connectivity index (χ1v) is 11.3. The van der Waals surface area contributed by atoms with Crippen LogP contribution >= 0.6 is 0 Å². The van der Waals surface area contributed by atoms with E-state index >= 15 is 0 Å². The van der Waals surface area contributed by atoms with Gasteiger partial charge in [0.1, 0.15) is 0 Å². The molecule has 0 spiro atoms. The average molecular weight is 406 g/mol. The summed E-state index contributed by atoms with van der Waals surface area (Å²) in [6, 6.07) is 28.3. The Bertz CT molecular complexity index is 1080. The van der Waals surface area contributed by atoms with Gasteiger partial charge < -0.3 is 4.90 Å². The van der Waals surface area contributed by atoms with Crippen LogP contribution in [-0.4, -0.2) is 11.4 Å². The van der Waals surface area contributed by atoms with Crippen LogP contribution < -0.4 is 0 Å². The Hall–Kier alpha value is -3.32. The molecule has 0 saturated carbocycles. The summed E-state index contributed by atoms with van der Waals surface area (Å²) in [6.07, 6.45) is 12.5. The molecule has 0 aliphatic carbocycles. The summed E-state index contributed by atoms with van der Waals surface area (Å²) in [5.41, 5.74) is 9.09. The van der Waals surface area contributed by atoms with Gasteiger partial charge in [-0.2, -0.15) is 0 Å². The molecule has 0 unspecified atom stereocenters. The van der Waals surface area contributed by atoms with Crippen LogP contribution in [0.15, 0.2) is 109 Å². The Kier molecular flexibility index (Phi) is 6.84. The Morgan fingerprint density at radius 3 is 2.23 bits per heavy atom. The minimum absolute atomic E-state index is 1.02. The molecule has 1 aliphatic heterocycles. The maximum Gasteiger partial charge on any atom is 0.0365 e. The van der Waals surface area contributed by atoms with E-state index in [4.69, 9.17) is 0 Å². The Balaban J connectivity index is 1.59. The summed E-state index contributed by atoms with van der Waals surface area (Å²) in [6.45, 7) is 5.35.